The molecule has 0 saturated carbocycles. The van der Waals surface area contributed by atoms with Crippen LogP contribution in [0, 0.1) is 6.92 Å². The summed E-state index contributed by atoms with van der Waals surface area (Å²) in [6.45, 7) is 2.30. The molecule has 0 radical (unpaired) electrons. The van der Waals surface area contributed by atoms with E-state index in [-0.39, 0.29) is 12.3 Å². The number of methoxy groups -OCH3 is 1. The van der Waals surface area contributed by atoms with E-state index in [9.17, 15) is 9.59 Å². The number of hydrogen-bond donors (Lipinski definition) is 1. The normalized spacial score (nSPS) is 10.6. The maximum atomic E-state index is 12.2. The highest BCUT2D eigenvalue weighted by molar-refractivity contribution is 5.95. The molecule has 1 amide bonds. The van der Waals surface area contributed by atoms with E-state index in [1.165, 1.54) is 7.11 Å². The molecule has 1 heterocycles. The molecule has 0 fully saturated rings. The third-order valence-corrected chi connectivity index (χ3v) is 4.03. The van der Waals surface area contributed by atoms with Gasteiger partial charge < -0.3 is 10.1 Å². The van der Waals surface area contributed by atoms with Crippen LogP contribution in [0.4, 0.5) is 5.69 Å². The van der Waals surface area contributed by atoms with Crippen molar-refractivity contribution in [2.24, 2.45) is 0 Å². The number of fused-ring (bicyclic) bond motifs is 1. The van der Waals surface area contributed by atoms with Crippen LogP contribution < -0.4 is 5.32 Å². The van der Waals surface area contributed by atoms with Gasteiger partial charge in [0.15, 0.2) is 0 Å². The molecule has 6 heteroatoms. The number of anilines is 1. The lowest BCUT2D eigenvalue weighted by Crippen LogP contribution is -2.15. The van der Waals surface area contributed by atoms with Gasteiger partial charge in [-0.05, 0) is 30.7 Å². The van der Waals surface area contributed by atoms with E-state index in [0.717, 1.165) is 16.5 Å². The van der Waals surface area contributed by atoms with Gasteiger partial charge in [-0.1, -0.05) is 24.3 Å². The molecular formula is C19H19N3O3. The Hall–Kier alpha value is -3.15. The second kappa shape index (κ2) is 7.17. The van der Waals surface area contributed by atoms with E-state index in [1.54, 1.807) is 24.4 Å². The average Bonchev–Trinajstić information content (AvgIpc) is 3.04. The molecule has 0 aliphatic heterocycles. The van der Waals surface area contributed by atoms with Crippen molar-refractivity contribution >= 4 is 28.5 Å². The summed E-state index contributed by atoms with van der Waals surface area (Å²) in [5.74, 6) is -0.559. The second-order valence-corrected chi connectivity index (χ2v) is 5.75. The molecule has 6 nitrogen and oxygen atoms in total. The molecule has 0 saturated heterocycles. The maximum absolute atomic E-state index is 12.2. The van der Waals surface area contributed by atoms with E-state index in [0.29, 0.717) is 17.8 Å². The number of nitrogens with one attached hydrogen (secondary N) is 1. The first-order valence-corrected chi connectivity index (χ1v) is 7.98. The Morgan fingerprint density at radius 3 is 2.80 bits per heavy atom. The van der Waals surface area contributed by atoms with Crippen molar-refractivity contribution in [3.05, 3.63) is 59.8 Å². The maximum Gasteiger partial charge on any atom is 0.338 e. The summed E-state index contributed by atoms with van der Waals surface area (Å²) < 4.78 is 6.56. The first-order valence-electron chi connectivity index (χ1n) is 7.98. The zero-order valence-electron chi connectivity index (χ0n) is 14.2. The molecule has 2 aromatic carbocycles. The van der Waals surface area contributed by atoms with Crippen molar-refractivity contribution in [2.45, 2.75) is 19.9 Å². The van der Waals surface area contributed by atoms with Gasteiger partial charge in [0.2, 0.25) is 5.91 Å². The average molecular weight is 337 g/mol. The van der Waals surface area contributed by atoms with Crippen LogP contribution in [-0.4, -0.2) is 28.8 Å². The van der Waals surface area contributed by atoms with Crippen LogP contribution in [0.2, 0.25) is 0 Å². The van der Waals surface area contributed by atoms with Crippen LogP contribution in [0.25, 0.3) is 10.9 Å². The minimum Gasteiger partial charge on any atom is -0.465 e. The van der Waals surface area contributed by atoms with Crippen molar-refractivity contribution in [2.75, 3.05) is 12.4 Å². The minimum absolute atomic E-state index is 0.140. The summed E-state index contributed by atoms with van der Waals surface area (Å²) in [5, 5.41) is 8.17. The highest BCUT2D eigenvalue weighted by Crippen LogP contribution is 2.17. The number of benzene rings is 2. The molecule has 3 rings (SSSR count). The zero-order chi connectivity index (χ0) is 17.8. The molecule has 25 heavy (non-hydrogen) atoms. The summed E-state index contributed by atoms with van der Waals surface area (Å²) in [7, 11) is 1.33. The number of rotatable bonds is 5. The fourth-order valence-corrected chi connectivity index (χ4v) is 2.66. The number of amides is 1. The van der Waals surface area contributed by atoms with Gasteiger partial charge in [-0.2, -0.15) is 5.10 Å². The largest absolute Gasteiger partial charge is 0.465 e. The number of nitrogens with zero attached hydrogens (tertiary/aromatic N) is 2. The standard InChI is InChI=1S/C19H19N3O3/c1-13-7-8-15(11-16(13)19(24)25-2)21-18(23)9-10-22-17-6-4-3-5-14(17)12-20-22/h3-8,11-12H,9-10H2,1-2H3,(H,21,23). The molecule has 1 aromatic heterocycles. The number of aryl methyl sites for hydroxylation is 2. The second-order valence-electron chi connectivity index (χ2n) is 5.75. The monoisotopic (exact) mass is 337 g/mol. The van der Waals surface area contributed by atoms with Crippen molar-refractivity contribution < 1.29 is 14.3 Å². The van der Waals surface area contributed by atoms with Crippen LogP contribution in [0.15, 0.2) is 48.7 Å². The van der Waals surface area contributed by atoms with Crippen LogP contribution in [0.3, 0.4) is 0 Å². The Morgan fingerprint density at radius 1 is 1.20 bits per heavy atom. The molecule has 128 valence electrons. The van der Waals surface area contributed by atoms with Gasteiger partial charge in [0.1, 0.15) is 0 Å². The van der Waals surface area contributed by atoms with Gasteiger partial charge >= 0.3 is 5.97 Å². The Bertz CT molecular complexity index is 931. The third kappa shape index (κ3) is 3.68. The van der Waals surface area contributed by atoms with Crippen LogP contribution in [0.1, 0.15) is 22.3 Å². The van der Waals surface area contributed by atoms with Crippen molar-refractivity contribution in [1.29, 1.82) is 0 Å². The lowest BCUT2D eigenvalue weighted by atomic mass is 10.1. The lowest BCUT2D eigenvalue weighted by Gasteiger charge is -2.09. The van der Waals surface area contributed by atoms with Gasteiger partial charge in [-0.3, -0.25) is 9.48 Å². The first kappa shape index (κ1) is 16.7. The van der Waals surface area contributed by atoms with Gasteiger partial charge in [-0.15, -0.1) is 0 Å². The fraction of sp³-hybridized carbons (Fsp3) is 0.211. The third-order valence-electron chi connectivity index (χ3n) is 4.03. The molecular weight excluding hydrogens is 318 g/mol. The Morgan fingerprint density at radius 2 is 2.00 bits per heavy atom. The van der Waals surface area contributed by atoms with E-state index < -0.39 is 5.97 Å². The number of esters is 1. The Kier molecular flexibility index (Phi) is 4.79. The van der Waals surface area contributed by atoms with Crippen LogP contribution in [-0.2, 0) is 16.1 Å². The molecule has 0 bridgehead atoms. The van der Waals surface area contributed by atoms with Crippen molar-refractivity contribution in [3.8, 4) is 0 Å². The Balaban J connectivity index is 1.66. The van der Waals surface area contributed by atoms with Gasteiger partial charge in [0.25, 0.3) is 0 Å². The predicted molar refractivity (Wildman–Crippen MR) is 95.5 cm³/mol. The summed E-state index contributed by atoms with van der Waals surface area (Å²) >= 11 is 0. The van der Waals surface area contributed by atoms with E-state index >= 15 is 0 Å². The summed E-state index contributed by atoms with van der Waals surface area (Å²) in [5.41, 5.74) is 2.81. The highest BCUT2D eigenvalue weighted by atomic mass is 16.5. The fourth-order valence-electron chi connectivity index (χ4n) is 2.66. The molecule has 3 aromatic rings. The topological polar surface area (TPSA) is 73.2 Å². The smallest absolute Gasteiger partial charge is 0.338 e. The number of aromatic nitrogens is 2. The first-order chi connectivity index (χ1) is 12.1. The molecule has 0 atom stereocenters. The number of para-hydroxylation sites is 1. The molecule has 0 spiro atoms. The number of carbonyl (C=O) groups is 2. The highest BCUT2D eigenvalue weighted by Gasteiger charge is 2.11. The lowest BCUT2D eigenvalue weighted by molar-refractivity contribution is -0.116. The SMILES string of the molecule is COC(=O)c1cc(NC(=O)CCn2ncc3ccccc32)ccc1C. The molecule has 1 N–H and O–H groups in total. The Labute approximate surface area is 145 Å². The van der Waals surface area contributed by atoms with Crippen LogP contribution >= 0.6 is 0 Å². The summed E-state index contributed by atoms with van der Waals surface area (Å²) in [6, 6.07) is 13.0. The number of ether oxygens (including phenoxy) is 1. The zero-order valence-corrected chi connectivity index (χ0v) is 14.2. The van der Waals surface area contributed by atoms with E-state index in [2.05, 4.69) is 10.4 Å². The van der Waals surface area contributed by atoms with Gasteiger partial charge in [-0.25, -0.2) is 4.79 Å². The van der Waals surface area contributed by atoms with Gasteiger partial charge in [0, 0.05) is 17.5 Å². The van der Waals surface area contributed by atoms with E-state index in [1.807, 2.05) is 35.9 Å². The molecule has 0 unspecified atom stereocenters. The predicted octanol–water partition coefficient (Wildman–Crippen LogP) is 3.16. The molecule has 0 aliphatic rings. The van der Waals surface area contributed by atoms with Crippen molar-refractivity contribution in [1.82, 2.24) is 9.78 Å². The van der Waals surface area contributed by atoms with Crippen molar-refractivity contribution in [3.63, 3.8) is 0 Å². The molecule has 0 aliphatic carbocycles. The number of carbonyl (C=O) groups excluding carboxylic acids is 2. The van der Waals surface area contributed by atoms with E-state index in [4.69, 9.17) is 4.74 Å². The number of hydrogen-bond acceptors (Lipinski definition) is 4. The quantitative estimate of drug-likeness (QED) is 0.726. The minimum atomic E-state index is -0.420. The van der Waals surface area contributed by atoms with Gasteiger partial charge in [0.05, 0.1) is 30.9 Å². The van der Waals surface area contributed by atoms with Crippen LogP contribution in [0.5, 0.6) is 0 Å². The summed E-state index contributed by atoms with van der Waals surface area (Å²) in [6.07, 6.45) is 2.07. The summed E-state index contributed by atoms with van der Waals surface area (Å²) in [4.78, 5) is 23.9.